The lowest BCUT2D eigenvalue weighted by Gasteiger charge is -2.13. The minimum atomic E-state index is -5.00. The van der Waals surface area contributed by atoms with Crippen LogP contribution in [0.5, 0.6) is 0 Å². The summed E-state index contributed by atoms with van der Waals surface area (Å²) in [4.78, 5) is 35.9. The smallest absolute Gasteiger partial charge is 0.326 e. The number of anilines is 3. The maximum absolute atomic E-state index is 14.9. The molecule has 17 heteroatoms. The molecule has 1 saturated carbocycles. The van der Waals surface area contributed by atoms with Gasteiger partial charge in [-0.2, -0.15) is 13.2 Å². The molecule has 0 aliphatic heterocycles. The second kappa shape index (κ2) is 12.2. The Morgan fingerprint density at radius 3 is 2.14 bits per heavy atom. The van der Waals surface area contributed by atoms with Crippen LogP contribution in [0.2, 0.25) is 5.02 Å². The molecule has 3 N–H and O–H groups in total. The zero-order valence-electron chi connectivity index (χ0n) is 20.7. The van der Waals surface area contributed by atoms with Gasteiger partial charge < -0.3 is 16.0 Å². The Kier molecular flexibility index (Phi) is 9.39. The number of halogens is 11. The van der Waals surface area contributed by atoms with Crippen molar-refractivity contribution in [2.45, 2.75) is 21.3 Å². The number of carbonyl (C=O) groups is 3. The zero-order chi connectivity index (χ0) is 32.0. The number of hydrogen-bond acceptors (Lipinski definition) is 3. The molecule has 2 atom stereocenters. The number of hydrogen-bond donors (Lipinski definition) is 3. The monoisotopic (exact) mass is 705 g/mol. The van der Waals surface area contributed by atoms with E-state index in [0.717, 1.165) is 24.3 Å². The van der Waals surface area contributed by atoms with Crippen LogP contribution in [0.3, 0.4) is 0 Å². The van der Waals surface area contributed by atoms with Crippen molar-refractivity contribution >= 4 is 92.8 Å². The van der Waals surface area contributed by atoms with E-state index >= 15 is 0 Å². The van der Waals surface area contributed by atoms with E-state index in [0.29, 0.717) is 12.1 Å². The lowest BCUT2D eigenvalue weighted by atomic mass is 10.0. The third kappa shape index (κ3) is 6.93. The Hall–Kier alpha value is -2.90. The van der Waals surface area contributed by atoms with E-state index in [2.05, 4.69) is 10.6 Å². The fourth-order valence-electron chi connectivity index (χ4n) is 4.15. The molecule has 0 radical (unpaired) electrons. The standard InChI is InChI=1S/C26H14Cl5F6N3O3/c27-13-3-2-10(8-11(13)22(41)39-16-6-5-15(33)20(19(16)34)40-24(43)21(28)29)38-23(42)18-17(25(18,30)31)9-1-4-14(32)12(7-9)26(35,36)37/h1-8,17-18,21H,(H,38,42)(H,39,41)(H,40,43)/t17-,18+/m0/s1. The Bertz CT molecular complexity index is 1640. The van der Waals surface area contributed by atoms with Crippen LogP contribution in [0.1, 0.15) is 27.4 Å². The molecule has 0 heterocycles. The van der Waals surface area contributed by atoms with Gasteiger partial charge in [0.15, 0.2) is 10.7 Å². The predicted octanol–water partition coefficient (Wildman–Crippen LogP) is 8.30. The molecule has 1 fully saturated rings. The number of amides is 3. The first-order chi connectivity index (χ1) is 19.9. The topological polar surface area (TPSA) is 87.3 Å². The fraction of sp³-hybridized carbons (Fsp3) is 0.192. The average molecular weight is 708 g/mol. The van der Waals surface area contributed by atoms with Gasteiger partial charge in [-0.1, -0.05) is 40.9 Å². The molecular weight excluding hydrogens is 694 g/mol. The van der Waals surface area contributed by atoms with E-state index in [1.165, 1.54) is 12.1 Å². The summed E-state index contributed by atoms with van der Waals surface area (Å²) in [6.45, 7) is 0. The third-order valence-electron chi connectivity index (χ3n) is 6.26. The number of rotatable bonds is 7. The fourth-order valence-corrected chi connectivity index (χ4v) is 5.29. The van der Waals surface area contributed by atoms with E-state index in [1.54, 1.807) is 0 Å². The highest BCUT2D eigenvalue weighted by molar-refractivity contribution is 6.54. The molecule has 43 heavy (non-hydrogen) atoms. The van der Waals surface area contributed by atoms with Crippen LogP contribution in [0.25, 0.3) is 0 Å². The quantitative estimate of drug-likeness (QED) is 0.171. The summed E-state index contributed by atoms with van der Waals surface area (Å²) in [6, 6.07) is 7.32. The average Bonchev–Trinajstić information content (AvgIpc) is 3.50. The SMILES string of the molecule is O=C(Nc1ccc(F)c(NC(=O)C(Cl)Cl)c1F)c1cc(NC(=O)[C@H]2[C@H](c3ccc(F)c(C(F)(F)F)c3)C2(Cl)Cl)ccc1Cl. The van der Waals surface area contributed by atoms with Gasteiger partial charge in [0.05, 0.1) is 27.8 Å². The van der Waals surface area contributed by atoms with Crippen LogP contribution in [0, 0.1) is 23.4 Å². The maximum Gasteiger partial charge on any atom is 0.419 e. The highest BCUT2D eigenvalue weighted by Crippen LogP contribution is 2.65. The molecule has 6 nitrogen and oxygen atoms in total. The van der Waals surface area contributed by atoms with Crippen LogP contribution in [-0.2, 0) is 15.8 Å². The lowest BCUT2D eigenvalue weighted by Crippen LogP contribution is -2.21. The van der Waals surface area contributed by atoms with Gasteiger partial charge >= 0.3 is 6.18 Å². The maximum atomic E-state index is 14.9. The van der Waals surface area contributed by atoms with Crippen LogP contribution in [0.15, 0.2) is 48.5 Å². The highest BCUT2D eigenvalue weighted by Gasteiger charge is 2.67. The molecule has 4 rings (SSSR count). The largest absolute Gasteiger partial charge is 0.419 e. The normalized spacial score (nSPS) is 17.4. The van der Waals surface area contributed by atoms with Gasteiger partial charge in [-0.3, -0.25) is 14.4 Å². The van der Waals surface area contributed by atoms with E-state index < -0.39 is 79.3 Å². The molecule has 0 bridgehead atoms. The van der Waals surface area contributed by atoms with Crippen molar-refractivity contribution in [3.05, 3.63) is 87.7 Å². The van der Waals surface area contributed by atoms with Gasteiger partial charge in [-0.25, -0.2) is 13.2 Å². The lowest BCUT2D eigenvalue weighted by molar-refractivity contribution is -0.140. The van der Waals surface area contributed by atoms with Crippen molar-refractivity contribution in [1.29, 1.82) is 0 Å². The molecule has 3 aromatic carbocycles. The second-order valence-electron chi connectivity index (χ2n) is 9.08. The summed E-state index contributed by atoms with van der Waals surface area (Å²) < 4.78 is 80.4. The molecule has 0 saturated heterocycles. The van der Waals surface area contributed by atoms with E-state index in [4.69, 9.17) is 58.0 Å². The first-order valence-electron chi connectivity index (χ1n) is 11.7. The molecule has 0 unspecified atom stereocenters. The Labute approximate surface area is 263 Å². The van der Waals surface area contributed by atoms with Gasteiger partial charge in [0.25, 0.3) is 11.8 Å². The molecule has 1 aliphatic rings. The van der Waals surface area contributed by atoms with Crippen molar-refractivity contribution in [2.24, 2.45) is 5.92 Å². The van der Waals surface area contributed by atoms with Gasteiger partial charge in [0, 0.05) is 11.6 Å². The van der Waals surface area contributed by atoms with Gasteiger partial charge in [-0.15, -0.1) is 23.2 Å². The second-order valence-corrected chi connectivity index (χ2v) is 12.0. The number of benzene rings is 3. The van der Waals surface area contributed by atoms with E-state index in [9.17, 15) is 40.7 Å². The summed E-state index contributed by atoms with van der Waals surface area (Å²) in [5, 5.41) is 6.28. The van der Waals surface area contributed by atoms with Crippen molar-refractivity contribution in [3.63, 3.8) is 0 Å². The van der Waals surface area contributed by atoms with Crippen molar-refractivity contribution in [1.82, 2.24) is 0 Å². The third-order valence-corrected chi connectivity index (χ3v) is 7.92. The Balaban J connectivity index is 1.53. The van der Waals surface area contributed by atoms with Gasteiger partial charge in [-0.05, 0) is 48.0 Å². The first-order valence-corrected chi connectivity index (χ1v) is 13.7. The minimum absolute atomic E-state index is 0.0350. The molecule has 228 valence electrons. The minimum Gasteiger partial charge on any atom is -0.326 e. The summed E-state index contributed by atoms with van der Waals surface area (Å²) in [7, 11) is 0. The summed E-state index contributed by atoms with van der Waals surface area (Å²) in [6.07, 6.45) is -5.00. The van der Waals surface area contributed by atoms with Gasteiger partial charge in [0.2, 0.25) is 5.91 Å². The molecule has 3 amide bonds. The molecule has 0 spiro atoms. The Morgan fingerprint density at radius 2 is 1.51 bits per heavy atom. The molecule has 1 aliphatic carbocycles. The van der Waals surface area contributed by atoms with Crippen LogP contribution in [0.4, 0.5) is 43.4 Å². The van der Waals surface area contributed by atoms with Crippen molar-refractivity contribution in [2.75, 3.05) is 16.0 Å². The first kappa shape index (κ1) is 33.0. The molecular formula is C26H14Cl5F6N3O3. The summed E-state index contributed by atoms with van der Waals surface area (Å²) >= 11 is 29.3. The van der Waals surface area contributed by atoms with Crippen molar-refractivity contribution < 1.29 is 40.7 Å². The molecule has 3 aromatic rings. The van der Waals surface area contributed by atoms with Crippen LogP contribution < -0.4 is 16.0 Å². The van der Waals surface area contributed by atoms with Crippen LogP contribution in [-0.4, -0.2) is 26.9 Å². The Morgan fingerprint density at radius 1 is 0.860 bits per heavy atom. The number of nitrogens with one attached hydrogen (secondary N) is 3. The van der Waals surface area contributed by atoms with E-state index in [-0.39, 0.29) is 21.8 Å². The van der Waals surface area contributed by atoms with Crippen LogP contribution >= 0.6 is 58.0 Å². The molecule has 0 aromatic heterocycles. The van der Waals surface area contributed by atoms with Gasteiger partial charge in [0.1, 0.15) is 21.7 Å². The number of alkyl halides is 7. The van der Waals surface area contributed by atoms with Crippen molar-refractivity contribution in [3.8, 4) is 0 Å². The zero-order valence-corrected chi connectivity index (χ0v) is 24.5. The number of carbonyl (C=O) groups excluding carboxylic acids is 3. The summed E-state index contributed by atoms with van der Waals surface area (Å²) in [5.74, 6) is -9.46. The predicted molar refractivity (Wildman–Crippen MR) is 151 cm³/mol. The highest BCUT2D eigenvalue weighted by atomic mass is 35.5. The van der Waals surface area contributed by atoms with E-state index in [1.807, 2.05) is 5.32 Å². The summed E-state index contributed by atoms with van der Waals surface area (Å²) in [5.41, 5.74) is -3.51.